The van der Waals surface area contributed by atoms with Crippen molar-refractivity contribution in [2.24, 2.45) is 0 Å². The van der Waals surface area contributed by atoms with E-state index >= 15 is 0 Å². The topological polar surface area (TPSA) is 78.9 Å². The van der Waals surface area contributed by atoms with Crippen LogP contribution in [0.1, 0.15) is 316 Å². The van der Waals surface area contributed by atoms with E-state index in [0.29, 0.717) is 19.3 Å². The van der Waals surface area contributed by atoms with Gasteiger partial charge < -0.3 is 14.2 Å². The summed E-state index contributed by atoms with van der Waals surface area (Å²) in [5.41, 5.74) is 0. The van der Waals surface area contributed by atoms with Crippen LogP contribution in [0.5, 0.6) is 0 Å². The highest BCUT2D eigenvalue weighted by Crippen LogP contribution is 2.17. The molecule has 0 aromatic rings. The third-order valence-electron chi connectivity index (χ3n) is 13.9. The Labute approximate surface area is 465 Å². The Kier molecular flexibility index (Phi) is 60.3. The molecule has 432 valence electrons. The number of allylic oxidation sites excluding steroid dienone is 14. The first-order valence-electron chi connectivity index (χ1n) is 32.1. The Morgan fingerprint density at radius 2 is 0.520 bits per heavy atom. The predicted octanol–water partition coefficient (Wildman–Crippen LogP) is 21.9. The van der Waals surface area contributed by atoms with Gasteiger partial charge in [-0.25, -0.2) is 0 Å². The number of ether oxygens (including phenoxy) is 3. The molecule has 0 aliphatic rings. The van der Waals surface area contributed by atoms with Crippen LogP contribution >= 0.6 is 0 Å². The summed E-state index contributed by atoms with van der Waals surface area (Å²) in [6.07, 6.45) is 83.0. The predicted molar refractivity (Wildman–Crippen MR) is 325 cm³/mol. The molecular weight excluding hydrogens is 925 g/mol. The fourth-order valence-corrected chi connectivity index (χ4v) is 9.09. The van der Waals surface area contributed by atoms with E-state index < -0.39 is 6.10 Å². The summed E-state index contributed by atoms with van der Waals surface area (Å²) in [5, 5.41) is 0. The van der Waals surface area contributed by atoms with Gasteiger partial charge in [-0.15, -0.1) is 0 Å². The largest absolute Gasteiger partial charge is 0.462 e. The molecule has 0 saturated heterocycles. The molecular formula is C69H120O6. The normalized spacial score (nSPS) is 12.6. The average Bonchev–Trinajstić information content (AvgIpc) is 3.41. The lowest BCUT2D eigenvalue weighted by Crippen LogP contribution is -2.30. The second-order valence-electron chi connectivity index (χ2n) is 21.3. The minimum atomic E-state index is -0.790. The second-order valence-corrected chi connectivity index (χ2v) is 21.3. The second kappa shape index (κ2) is 63.1. The van der Waals surface area contributed by atoms with Crippen LogP contribution in [0.25, 0.3) is 0 Å². The van der Waals surface area contributed by atoms with Crippen molar-refractivity contribution >= 4 is 17.9 Å². The van der Waals surface area contributed by atoms with Crippen molar-refractivity contribution in [3.63, 3.8) is 0 Å². The molecule has 0 aliphatic heterocycles. The highest BCUT2D eigenvalue weighted by molar-refractivity contribution is 5.71. The van der Waals surface area contributed by atoms with Crippen molar-refractivity contribution in [1.82, 2.24) is 0 Å². The summed E-state index contributed by atoms with van der Waals surface area (Å²) < 4.78 is 16.9. The maximum atomic E-state index is 12.9. The number of hydrogen-bond acceptors (Lipinski definition) is 6. The van der Waals surface area contributed by atoms with E-state index in [1.165, 1.54) is 161 Å². The van der Waals surface area contributed by atoms with E-state index in [-0.39, 0.29) is 31.1 Å². The molecule has 0 aromatic carbocycles. The molecule has 1 atom stereocenters. The number of esters is 3. The molecule has 0 aliphatic carbocycles. The minimum absolute atomic E-state index is 0.0868. The van der Waals surface area contributed by atoms with Crippen LogP contribution in [-0.2, 0) is 28.6 Å². The summed E-state index contributed by atoms with van der Waals surface area (Å²) >= 11 is 0. The summed E-state index contributed by atoms with van der Waals surface area (Å²) in [6.45, 7) is 6.52. The van der Waals surface area contributed by atoms with Crippen molar-refractivity contribution in [3.8, 4) is 0 Å². The van der Waals surface area contributed by atoms with Crippen LogP contribution in [0.3, 0.4) is 0 Å². The number of carbonyl (C=O) groups excluding carboxylic acids is 3. The molecule has 0 fully saturated rings. The lowest BCUT2D eigenvalue weighted by molar-refractivity contribution is -0.167. The Morgan fingerprint density at radius 3 is 0.840 bits per heavy atom. The molecule has 0 aromatic heterocycles. The number of carbonyl (C=O) groups is 3. The molecule has 0 saturated carbocycles. The zero-order chi connectivity index (χ0) is 54.3. The highest BCUT2D eigenvalue weighted by atomic mass is 16.6. The zero-order valence-electron chi connectivity index (χ0n) is 49.6. The van der Waals surface area contributed by atoms with E-state index in [0.717, 1.165) is 116 Å². The molecule has 0 bridgehead atoms. The number of hydrogen-bond donors (Lipinski definition) is 0. The van der Waals surface area contributed by atoms with Gasteiger partial charge in [0.2, 0.25) is 0 Å². The maximum absolute atomic E-state index is 12.9. The molecule has 0 N–H and O–H groups in total. The maximum Gasteiger partial charge on any atom is 0.306 e. The molecule has 75 heavy (non-hydrogen) atoms. The molecule has 0 spiro atoms. The van der Waals surface area contributed by atoms with Crippen LogP contribution in [0.4, 0.5) is 0 Å². The Morgan fingerprint density at radius 1 is 0.280 bits per heavy atom. The fraction of sp³-hybridized carbons (Fsp3) is 0.754. The van der Waals surface area contributed by atoms with Gasteiger partial charge in [-0.1, -0.05) is 286 Å². The van der Waals surface area contributed by atoms with Gasteiger partial charge in [-0.05, 0) is 96.3 Å². The molecule has 0 heterocycles. The van der Waals surface area contributed by atoms with E-state index in [2.05, 4.69) is 106 Å². The molecule has 6 nitrogen and oxygen atoms in total. The van der Waals surface area contributed by atoms with Gasteiger partial charge in [0.25, 0.3) is 0 Å². The van der Waals surface area contributed by atoms with Gasteiger partial charge in [-0.3, -0.25) is 14.4 Å². The zero-order valence-corrected chi connectivity index (χ0v) is 49.6. The standard InChI is InChI=1S/C69H120O6/c1-4-7-10-13-16-19-22-25-27-29-31-33-34-36-37-39-41-44-47-50-53-56-59-62-68(71)74-65-66(64-73-67(70)61-58-55-52-49-46-43-24-21-18-15-12-9-6-3)75-69(72)63-60-57-54-51-48-45-42-40-38-35-32-30-28-26-23-20-17-14-11-8-5-2/h7,10,16,19,21,24-25,27,31,33,36-37,41,44,66H,4-6,8-9,11-15,17-18,20,22-23,26,28-30,32,34-35,38-40,42-43,45-65H2,1-3H3/b10-7-,19-16-,24-21-,27-25-,33-31-,37-36-,44-41-. The third-order valence-corrected chi connectivity index (χ3v) is 13.9. The van der Waals surface area contributed by atoms with E-state index in [4.69, 9.17) is 14.2 Å². The van der Waals surface area contributed by atoms with Crippen LogP contribution in [0.15, 0.2) is 85.1 Å². The highest BCUT2D eigenvalue weighted by Gasteiger charge is 2.19. The lowest BCUT2D eigenvalue weighted by Gasteiger charge is -2.18. The van der Waals surface area contributed by atoms with Crippen molar-refractivity contribution in [2.45, 2.75) is 322 Å². The molecule has 6 heteroatoms. The molecule has 0 radical (unpaired) electrons. The van der Waals surface area contributed by atoms with Crippen LogP contribution < -0.4 is 0 Å². The Hall–Kier alpha value is -3.41. The van der Waals surface area contributed by atoms with Crippen molar-refractivity contribution in [1.29, 1.82) is 0 Å². The van der Waals surface area contributed by atoms with Crippen LogP contribution in [0, 0.1) is 0 Å². The fourth-order valence-electron chi connectivity index (χ4n) is 9.09. The van der Waals surface area contributed by atoms with Crippen molar-refractivity contribution in [3.05, 3.63) is 85.1 Å². The monoisotopic (exact) mass is 1040 g/mol. The summed E-state index contributed by atoms with van der Waals surface area (Å²) in [4.78, 5) is 38.3. The minimum Gasteiger partial charge on any atom is -0.462 e. The Bertz CT molecular complexity index is 1430. The van der Waals surface area contributed by atoms with E-state index in [1.807, 2.05) is 0 Å². The smallest absolute Gasteiger partial charge is 0.306 e. The Balaban J connectivity index is 4.37. The first-order valence-corrected chi connectivity index (χ1v) is 32.1. The van der Waals surface area contributed by atoms with Gasteiger partial charge in [0.1, 0.15) is 13.2 Å². The van der Waals surface area contributed by atoms with Gasteiger partial charge >= 0.3 is 17.9 Å². The van der Waals surface area contributed by atoms with Gasteiger partial charge in [0.15, 0.2) is 6.10 Å². The van der Waals surface area contributed by atoms with E-state index in [1.54, 1.807) is 0 Å². The summed E-state index contributed by atoms with van der Waals surface area (Å²) in [5.74, 6) is -0.906. The first kappa shape index (κ1) is 71.6. The molecule has 1 unspecified atom stereocenters. The van der Waals surface area contributed by atoms with Crippen molar-refractivity contribution in [2.75, 3.05) is 13.2 Å². The first-order chi connectivity index (χ1) is 37.0. The molecule has 0 rings (SSSR count). The number of rotatable bonds is 58. The van der Waals surface area contributed by atoms with Gasteiger partial charge in [0.05, 0.1) is 0 Å². The van der Waals surface area contributed by atoms with Gasteiger partial charge in [-0.2, -0.15) is 0 Å². The van der Waals surface area contributed by atoms with Crippen LogP contribution in [-0.4, -0.2) is 37.2 Å². The third kappa shape index (κ3) is 61.3. The van der Waals surface area contributed by atoms with Crippen molar-refractivity contribution < 1.29 is 28.6 Å². The molecule has 0 amide bonds. The quantitative estimate of drug-likeness (QED) is 0.0261. The lowest BCUT2D eigenvalue weighted by atomic mass is 10.0. The average molecular weight is 1050 g/mol. The summed E-state index contributed by atoms with van der Waals surface area (Å²) in [7, 11) is 0. The summed E-state index contributed by atoms with van der Waals surface area (Å²) in [6, 6.07) is 0. The van der Waals surface area contributed by atoms with Gasteiger partial charge in [0, 0.05) is 19.3 Å². The number of unbranched alkanes of at least 4 members (excludes halogenated alkanes) is 33. The van der Waals surface area contributed by atoms with Crippen LogP contribution in [0.2, 0.25) is 0 Å². The SMILES string of the molecule is CC/C=C\C/C=C\C/C=C\C/C=C\C/C=C\C/C=C\CCCCCCC(=O)OCC(COC(=O)CCCCCCC/C=C\CCCCCC)OC(=O)CCCCCCCCCCCCCCCCCCCCCCC. The van der Waals surface area contributed by atoms with E-state index in [9.17, 15) is 14.4 Å².